The van der Waals surface area contributed by atoms with Crippen molar-refractivity contribution in [1.82, 2.24) is 4.57 Å². The first kappa shape index (κ1) is 16.2. The SMILES string of the molecule is Cn1c(=O)sc2cc(S(=O)(=O)Cc3ccc(F)c(Cl)c3)ccc21. The van der Waals surface area contributed by atoms with Crippen LogP contribution in [0.25, 0.3) is 10.2 Å². The zero-order valence-corrected chi connectivity index (χ0v) is 14.3. The Bertz CT molecular complexity index is 1070. The van der Waals surface area contributed by atoms with Crippen LogP contribution in [0.1, 0.15) is 5.56 Å². The van der Waals surface area contributed by atoms with Crippen molar-refractivity contribution >= 4 is 43.0 Å². The maximum Gasteiger partial charge on any atom is 0.307 e. The summed E-state index contributed by atoms with van der Waals surface area (Å²) in [5.41, 5.74) is 1.08. The van der Waals surface area contributed by atoms with Crippen molar-refractivity contribution in [3.63, 3.8) is 0 Å². The zero-order chi connectivity index (χ0) is 16.8. The highest BCUT2D eigenvalue weighted by atomic mass is 35.5. The summed E-state index contributed by atoms with van der Waals surface area (Å²) in [4.78, 5) is 11.6. The molecule has 0 N–H and O–H groups in total. The van der Waals surface area contributed by atoms with Gasteiger partial charge < -0.3 is 4.57 Å². The average molecular weight is 372 g/mol. The molecule has 0 aliphatic carbocycles. The van der Waals surface area contributed by atoms with Gasteiger partial charge in [0.1, 0.15) is 5.82 Å². The largest absolute Gasteiger partial charge is 0.307 e. The highest BCUT2D eigenvalue weighted by Gasteiger charge is 2.18. The van der Waals surface area contributed by atoms with E-state index in [1.54, 1.807) is 13.1 Å². The van der Waals surface area contributed by atoms with Gasteiger partial charge in [0.25, 0.3) is 0 Å². The van der Waals surface area contributed by atoms with E-state index in [1.165, 1.54) is 28.8 Å². The minimum Gasteiger partial charge on any atom is -0.302 e. The molecule has 120 valence electrons. The Morgan fingerprint density at radius 1 is 1.22 bits per heavy atom. The summed E-state index contributed by atoms with van der Waals surface area (Å²) in [7, 11) is -1.99. The first-order valence-corrected chi connectivity index (χ1v) is 9.39. The van der Waals surface area contributed by atoms with Gasteiger partial charge >= 0.3 is 4.87 Å². The predicted molar refractivity (Wildman–Crippen MR) is 89.4 cm³/mol. The molecule has 0 spiro atoms. The van der Waals surface area contributed by atoms with Gasteiger partial charge in [0, 0.05) is 7.05 Å². The van der Waals surface area contributed by atoms with E-state index < -0.39 is 15.7 Å². The molecule has 8 heteroatoms. The predicted octanol–water partition coefficient (Wildman–Crippen LogP) is 3.37. The van der Waals surface area contributed by atoms with Gasteiger partial charge in [0.05, 0.1) is 25.9 Å². The third kappa shape index (κ3) is 3.04. The monoisotopic (exact) mass is 371 g/mol. The molecule has 0 aliphatic rings. The molecule has 0 bridgehead atoms. The summed E-state index contributed by atoms with van der Waals surface area (Å²) in [5, 5.41) is -0.116. The molecular formula is C15H11ClFNO3S2. The van der Waals surface area contributed by atoms with Gasteiger partial charge in [-0.3, -0.25) is 4.79 Å². The second-order valence-corrected chi connectivity index (χ2v) is 8.45. The standard InChI is InChI=1S/C15H11ClFNO3S2/c1-18-13-5-3-10(7-14(13)22-15(18)19)23(20,21)8-9-2-4-12(17)11(16)6-9/h2-7H,8H2,1H3. The van der Waals surface area contributed by atoms with E-state index in [0.717, 1.165) is 17.4 Å². The lowest BCUT2D eigenvalue weighted by Gasteiger charge is -2.06. The van der Waals surface area contributed by atoms with Crippen LogP contribution in [0.4, 0.5) is 4.39 Å². The molecule has 3 rings (SSSR count). The highest BCUT2D eigenvalue weighted by Crippen LogP contribution is 2.25. The van der Waals surface area contributed by atoms with Crippen molar-refractivity contribution < 1.29 is 12.8 Å². The number of sulfone groups is 1. The molecule has 23 heavy (non-hydrogen) atoms. The maximum absolute atomic E-state index is 13.2. The normalized spacial score (nSPS) is 12.0. The van der Waals surface area contributed by atoms with Crippen LogP contribution in [0, 0.1) is 5.82 Å². The van der Waals surface area contributed by atoms with Crippen molar-refractivity contribution in [2.45, 2.75) is 10.6 Å². The van der Waals surface area contributed by atoms with Crippen molar-refractivity contribution in [2.24, 2.45) is 7.05 Å². The van der Waals surface area contributed by atoms with Gasteiger partial charge in [-0.05, 0) is 35.9 Å². The van der Waals surface area contributed by atoms with Gasteiger partial charge in [-0.2, -0.15) is 0 Å². The van der Waals surface area contributed by atoms with Crippen molar-refractivity contribution in [3.8, 4) is 0 Å². The van der Waals surface area contributed by atoms with E-state index in [1.807, 2.05) is 0 Å². The van der Waals surface area contributed by atoms with E-state index in [9.17, 15) is 17.6 Å². The number of nitrogens with zero attached hydrogens (tertiary/aromatic N) is 1. The lowest BCUT2D eigenvalue weighted by molar-refractivity contribution is 0.595. The maximum atomic E-state index is 13.2. The minimum atomic E-state index is -3.62. The smallest absolute Gasteiger partial charge is 0.302 e. The second-order valence-electron chi connectivity index (χ2n) is 5.06. The number of hydrogen-bond acceptors (Lipinski definition) is 4. The number of aryl methyl sites for hydroxylation is 1. The molecule has 1 aromatic heterocycles. The molecule has 0 saturated carbocycles. The Kier molecular flexibility index (Phi) is 4.03. The van der Waals surface area contributed by atoms with Crippen LogP contribution in [0.15, 0.2) is 46.1 Å². The quantitative estimate of drug-likeness (QED) is 0.709. The number of fused-ring (bicyclic) bond motifs is 1. The molecule has 0 radical (unpaired) electrons. The molecule has 3 aromatic rings. The number of benzene rings is 2. The van der Waals surface area contributed by atoms with Gasteiger partial charge in [-0.15, -0.1) is 0 Å². The third-order valence-corrected chi connectivity index (χ3v) is 6.43. The fourth-order valence-electron chi connectivity index (χ4n) is 2.24. The van der Waals surface area contributed by atoms with Crippen LogP contribution in [-0.4, -0.2) is 13.0 Å². The van der Waals surface area contributed by atoms with Crippen molar-refractivity contribution in [1.29, 1.82) is 0 Å². The van der Waals surface area contributed by atoms with Crippen LogP contribution in [-0.2, 0) is 22.6 Å². The highest BCUT2D eigenvalue weighted by molar-refractivity contribution is 7.90. The summed E-state index contributed by atoms with van der Waals surface area (Å²) >= 11 is 6.67. The first-order valence-electron chi connectivity index (χ1n) is 6.54. The average Bonchev–Trinajstić information content (AvgIpc) is 2.77. The number of rotatable bonds is 3. The summed E-state index contributed by atoms with van der Waals surface area (Å²) in [6.45, 7) is 0. The lowest BCUT2D eigenvalue weighted by Crippen LogP contribution is -2.07. The third-order valence-electron chi connectivity index (χ3n) is 3.46. The number of hydrogen-bond donors (Lipinski definition) is 0. The molecule has 1 heterocycles. The molecule has 0 fully saturated rings. The summed E-state index contributed by atoms with van der Waals surface area (Å²) < 4.78 is 40.3. The van der Waals surface area contributed by atoms with Gasteiger partial charge in [0.2, 0.25) is 0 Å². The van der Waals surface area contributed by atoms with E-state index in [4.69, 9.17) is 11.6 Å². The topological polar surface area (TPSA) is 56.1 Å². The zero-order valence-electron chi connectivity index (χ0n) is 11.9. The lowest BCUT2D eigenvalue weighted by atomic mass is 10.2. The summed E-state index contributed by atoms with van der Waals surface area (Å²) in [5.74, 6) is -0.886. The van der Waals surface area contributed by atoms with Crippen molar-refractivity contribution in [2.75, 3.05) is 0 Å². The number of thiazole rings is 1. The van der Waals surface area contributed by atoms with E-state index in [2.05, 4.69) is 0 Å². The van der Waals surface area contributed by atoms with E-state index >= 15 is 0 Å². The van der Waals surface area contributed by atoms with Gasteiger partial charge in [0.15, 0.2) is 9.84 Å². The van der Waals surface area contributed by atoms with Gasteiger partial charge in [-0.25, -0.2) is 12.8 Å². The first-order chi connectivity index (χ1) is 10.8. The summed E-state index contributed by atoms with van der Waals surface area (Å²) in [6, 6.07) is 8.39. The molecule has 0 amide bonds. The van der Waals surface area contributed by atoms with Crippen molar-refractivity contribution in [3.05, 3.63) is 62.5 Å². The Hall–Kier alpha value is -1.70. The van der Waals surface area contributed by atoms with Gasteiger partial charge in [-0.1, -0.05) is 29.0 Å². The fraction of sp³-hybridized carbons (Fsp3) is 0.133. The van der Waals surface area contributed by atoms with E-state index in [-0.39, 0.29) is 20.5 Å². The van der Waals surface area contributed by atoms with Crippen LogP contribution >= 0.6 is 22.9 Å². The van der Waals surface area contributed by atoms with Crippen LogP contribution in [0.5, 0.6) is 0 Å². The van der Waals surface area contributed by atoms with Crippen LogP contribution in [0.2, 0.25) is 5.02 Å². The Morgan fingerprint density at radius 3 is 2.65 bits per heavy atom. The molecule has 2 aromatic carbocycles. The number of halogens is 2. The molecule has 0 aliphatic heterocycles. The summed E-state index contributed by atoms with van der Waals surface area (Å²) in [6.07, 6.45) is 0. The number of aromatic nitrogens is 1. The van der Waals surface area contributed by atoms with E-state index in [0.29, 0.717) is 15.8 Å². The molecule has 0 atom stereocenters. The minimum absolute atomic E-state index is 0.116. The van der Waals surface area contributed by atoms with Crippen LogP contribution < -0.4 is 4.87 Å². The van der Waals surface area contributed by atoms with Crippen LogP contribution in [0.3, 0.4) is 0 Å². The molecule has 4 nitrogen and oxygen atoms in total. The Morgan fingerprint density at radius 2 is 1.96 bits per heavy atom. The Balaban J connectivity index is 2.01. The Labute approximate surface area is 140 Å². The molecule has 0 saturated heterocycles. The molecular weight excluding hydrogens is 361 g/mol. The molecule has 0 unspecified atom stereocenters. The second kappa shape index (κ2) is 5.74. The fourth-order valence-corrected chi connectivity index (χ4v) is 4.79.